The third-order valence-electron chi connectivity index (χ3n) is 2.78. The van der Waals surface area contributed by atoms with Gasteiger partial charge in [0.1, 0.15) is 0 Å². The Hall–Kier alpha value is -0.470. The van der Waals surface area contributed by atoms with E-state index in [1.807, 2.05) is 11.8 Å². The average Bonchev–Trinajstić information content (AvgIpc) is 2.24. The van der Waals surface area contributed by atoms with Gasteiger partial charge in [0.25, 0.3) is 0 Å². The molecular formula is C14H23NS. The Labute approximate surface area is 104 Å². The lowest BCUT2D eigenvalue weighted by Crippen LogP contribution is -2.34. The van der Waals surface area contributed by atoms with Crippen LogP contribution in [0, 0.1) is 5.41 Å². The van der Waals surface area contributed by atoms with E-state index in [-0.39, 0.29) is 5.41 Å². The summed E-state index contributed by atoms with van der Waals surface area (Å²) in [5.41, 5.74) is 6.35. The van der Waals surface area contributed by atoms with Gasteiger partial charge in [0.05, 0.1) is 0 Å². The fraction of sp³-hybridized carbons (Fsp3) is 0.571. The molecule has 16 heavy (non-hydrogen) atoms. The molecule has 1 rings (SSSR count). The number of hydrogen-bond donors (Lipinski definition) is 1. The van der Waals surface area contributed by atoms with Crippen LogP contribution in [-0.4, -0.2) is 11.8 Å². The molecular weight excluding hydrogens is 214 g/mol. The molecule has 2 heteroatoms. The minimum Gasteiger partial charge on any atom is -0.327 e. The molecule has 0 saturated carbocycles. The van der Waals surface area contributed by atoms with Crippen molar-refractivity contribution in [1.82, 2.24) is 0 Å². The molecule has 90 valence electrons. The number of hydrogen-bond acceptors (Lipinski definition) is 2. The summed E-state index contributed by atoms with van der Waals surface area (Å²) in [6.45, 7) is 6.63. The van der Waals surface area contributed by atoms with Crippen molar-refractivity contribution >= 4 is 11.8 Å². The van der Waals surface area contributed by atoms with Gasteiger partial charge in [-0.3, -0.25) is 0 Å². The monoisotopic (exact) mass is 237 g/mol. The fourth-order valence-electron chi connectivity index (χ4n) is 1.44. The molecule has 0 aliphatic carbocycles. The zero-order valence-corrected chi connectivity index (χ0v) is 11.4. The van der Waals surface area contributed by atoms with E-state index in [2.05, 4.69) is 51.1 Å². The Bertz CT molecular complexity index is 289. The smallest absolute Gasteiger partial charge is 0.00879 e. The van der Waals surface area contributed by atoms with Crippen LogP contribution in [0.2, 0.25) is 0 Å². The number of rotatable bonds is 5. The third kappa shape index (κ3) is 5.04. The average molecular weight is 237 g/mol. The molecule has 1 nitrogen and oxygen atoms in total. The standard InChI is InChI=1S/C14H23NS/c1-14(2,3)13(15)10-7-11-16-12-8-5-4-6-9-12/h4-6,8-9,13H,7,10-11,15H2,1-3H3. The van der Waals surface area contributed by atoms with Crippen LogP contribution in [0.25, 0.3) is 0 Å². The molecule has 0 bridgehead atoms. The van der Waals surface area contributed by atoms with Crippen molar-refractivity contribution in [1.29, 1.82) is 0 Å². The van der Waals surface area contributed by atoms with Crippen molar-refractivity contribution in [2.75, 3.05) is 5.75 Å². The second-order valence-corrected chi connectivity index (χ2v) is 6.44. The molecule has 1 aromatic rings. The van der Waals surface area contributed by atoms with Gasteiger partial charge in [0.15, 0.2) is 0 Å². The van der Waals surface area contributed by atoms with E-state index in [1.165, 1.54) is 11.3 Å². The summed E-state index contributed by atoms with van der Waals surface area (Å²) in [5.74, 6) is 1.16. The van der Waals surface area contributed by atoms with Crippen LogP contribution in [-0.2, 0) is 0 Å². The van der Waals surface area contributed by atoms with Crippen LogP contribution in [0.15, 0.2) is 35.2 Å². The Kier molecular flexibility index (Phi) is 5.36. The Balaban J connectivity index is 2.18. The van der Waals surface area contributed by atoms with Gasteiger partial charge in [-0.15, -0.1) is 11.8 Å². The zero-order valence-electron chi connectivity index (χ0n) is 10.6. The normalized spacial score (nSPS) is 13.8. The second-order valence-electron chi connectivity index (χ2n) is 5.28. The summed E-state index contributed by atoms with van der Waals surface area (Å²) in [5, 5.41) is 0. The van der Waals surface area contributed by atoms with E-state index in [0.717, 1.165) is 12.2 Å². The van der Waals surface area contributed by atoms with Crippen molar-refractivity contribution in [2.45, 2.75) is 44.6 Å². The Morgan fingerprint density at radius 1 is 1.19 bits per heavy atom. The Morgan fingerprint density at radius 2 is 1.81 bits per heavy atom. The van der Waals surface area contributed by atoms with Crippen LogP contribution in [0.1, 0.15) is 33.6 Å². The van der Waals surface area contributed by atoms with Crippen molar-refractivity contribution < 1.29 is 0 Å². The van der Waals surface area contributed by atoms with E-state index in [4.69, 9.17) is 5.73 Å². The highest BCUT2D eigenvalue weighted by Crippen LogP contribution is 2.23. The fourth-order valence-corrected chi connectivity index (χ4v) is 2.34. The molecule has 1 atom stereocenters. The first-order valence-electron chi connectivity index (χ1n) is 5.93. The summed E-state index contributed by atoms with van der Waals surface area (Å²) in [6, 6.07) is 10.9. The van der Waals surface area contributed by atoms with Crippen molar-refractivity contribution in [2.24, 2.45) is 11.1 Å². The molecule has 0 aromatic heterocycles. The van der Waals surface area contributed by atoms with E-state index in [9.17, 15) is 0 Å². The maximum atomic E-state index is 6.12. The molecule has 0 fully saturated rings. The highest BCUT2D eigenvalue weighted by molar-refractivity contribution is 7.99. The van der Waals surface area contributed by atoms with E-state index in [1.54, 1.807) is 0 Å². The second kappa shape index (κ2) is 6.31. The molecule has 0 aliphatic heterocycles. The van der Waals surface area contributed by atoms with Gasteiger partial charge in [-0.2, -0.15) is 0 Å². The SMILES string of the molecule is CC(C)(C)C(N)CCCSc1ccccc1. The van der Waals surface area contributed by atoms with Crippen LogP contribution in [0.5, 0.6) is 0 Å². The summed E-state index contributed by atoms with van der Waals surface area (Å²) in [4.78, 5) is 1.35. The topological polar surface area (TPSA) is 26.0 Å². The van der Waals surface area contributed by atoms with Gasteiger partial charge in [-0.05, 0) is 36.1 Å². The first-order valence-corrected chi connectivity index (χ1v) is 6.92. The lowest BCUT2D eigenvalue weighted by atomic mass is 9.85. The van der Waals surface area contributed by atoms with Gasteiger partial charge in [0.2, 0.25) is 0 Å². The van der Waals surface area contributed by atoms with Crippen LogP contribution in [0.4, 0.5) is 0 Å². The first-order chi connectivity index (χ1) is 7.50. The molecule has 0 heterocycles. The van der Waals surface area contributed by atoms with Gasteiger partial charge < -0.3 is 5.73 Å². The van der Waals surface area contributed by atoms with Gasteiger partial charge >= 0.3 is 0 Å². The quantitative estimate of drug-likeness (QED) is 0.620. The van der Waals surface area contributed by atoms with Crippen molar-refractivity contribution in [3.8, 4) is 0 Å². The summed E-state index contributed by atoms with van der Waals surface area (Å²) in [7, 11) is 0. The van der Waals surface area contributed by atoms with E-state index < -0.39 is 0 Å². The highest BCUT2D eigenvalue weighted by atomic mass is 32.2. The predicted octanol–water partition coefficient (Wildman–Crippen LogP) is 3.93. The summed E-state index contributed by atoms with van der Waals surface area (Å²) >= 11 is 1.92. The number of benzene rings is 1. The number of thioether (sulfide) groups is 1. The highest BCUT2D eigenvalue weighted by Gasteiger charge is 2.19. The zero-order chi connectivity index (χ0) is 12.0. The van der Waals surface area contributed by atoms with Crippen LogP contribution >= 0.6 is 11.8 Å². The third-order valence-corrected chi connectivity index (χ3v) is 3.88. The largest absolute Gasteiger partial charge is 0.327 e. The van der Waals surface area contributed by atoms with Crippen molar-refractivity contribution in [3.05, 3.63) is 30.3 Å². The van der Waals surface area contributed by atoms with E-state index >= 15 is 0 Å². The lowest BCUT2D eigenvalue weighted by molar-refractivity contribution is 0.304. The molecule has 0 aliphatic rings. The summed E-state index contributed by atoms with van der Waals surface area (Å²) in [6.07, 6.45) is 2.31. The molecule has 0 saturated heterocycles. The molecule has 1 aromatic carbocycles. The van der Waals surface area contributed by atoms with Crippen LogP contribution < -0.4 is 5.73 Å². The lowest BCUT2D eigenvalue weighted by Gasteiger charge is -2.26. The maximum Gasteiger partial charge on any atom is 0.00879 e. The molecule has 0 amide bonds. The molecule has 2 N–H and O–H groups in total. The molecule has 1 unspecified atom stereocenters. The van der Waals surface area contributed by atoms with E-state index in [0.29, 0.717) is 6.04 Å². The first kappa shape index (κ1) is 13.6. The molecule has 0 radical (unpaired) electrons. The van der Waals surface area contributed by atoms with Crippen molar-refractivity contribution in [3.63, 3.8) is 0 Å². The van der Waals surface area contributed by atoms with Gasteiger partial charge in [0, 0.05) is 10.9 Å². The maximum absolute atomic E-state index is 6.12. The van der Waals surface area contributed by atoms with Crippen LogP contribution in [0.3, 0.4) is 0 Å². The number of nitrogens with two attached hydrogens (primary N) is 1. The predicted molar refractivity (Wildman–Crippen MR) is 73.8 cm³/mol. The summed E-state index contributed by atoms with van der Waals surface area (Å²) < 4.78 is 0. The minimum absolute atomic E-state index is 0.234. The minimum atomic E-state index is 0.234. The van der Waals surface area contributed by atoms with Gasteiger partial charge in [-0.1, -0.05) is 39.0 Å². The van der Waals surface area contributed by atoms with Gasteiger partial charge in [-0.25, -0.2) is 0 Å². The Morgan fingerprint density at radius 3 is 2.38 bits per heavy atom. The molecule has 0 spiro atoms.